The second-order valence-corrected chi connectivity index (χ2v) is 5.52. The summed E-state index contributed by atoms with van der Waals surface area (Å²) in [6.07, 6.45) is 1.16. The molecule has 1 aliphatic carbocycles. The van der Waals surface area contributed by atoms with Gasteiger partial charge in [0.25, 0.3) is 0 Å². The molecule has 1 amide bonds. The van der Waals surface area contributed by atoms with Gasteiger partial charge in [-0.1, -0.05) is 23.7 Å². The Kier molecular flexibility index (Phi) is 5.07. The molecule has 114 valence electrons. The Morgan fingerprint density at radius 3 is 2.76 bits per heavy atom. The fraction of sp³-hybridized carbons (Fsp3) is 0.467. The summed E-state index contributed by atoms with van der Waals surface area (Å²) >= 11 is 6.07. The lowest BCUT2D eigenvalue weighted by Gasteiger charge is -2.32. The van der Waals surface area contributed by atoms with Crippen LogP contribution in [0.5, 0.6) is 5.75 Å². The van der Waals surface area contributed by atoms with Crippen LogP contribution in [0.3, 0.4) is 0 Å². The van der Waals surface area contributed by atoms with E-state index in [1.54, 1.807) is 18.2 Å². The molecule has 0 aromatic heterocycles. The first-order valence-electron chi connectivity index (χ1n) is 6.93. The molecule has 2 rings (SSSR count). The molecule has 0 atom stereocenters. The minimum atomic E-state index is -0.797. The maximum Gasteiger partial charge on any atom is 0.306 e. The number of ether oxygens (including phenoxy) is 1. The van der Waals surface area contributed by atoms with Crippen molar-refractivity contribution in [3.05, 3.63) is 28.8 Å². The number of aliphatic carboxylic acids is 1. The van der Waals surface area contributed by atoms with Crippen LogP contribution in [0, 0.1) is 5.92 Å². The molecule has 0 radical (unpaired) electrons. The van der Waals surface area contributed by atoms with Gasteiger partial charge in [0.2, 0.25) is 5.91 Å². The summed E-state index contributed by atoms with van der Waals surface area (Å²) in [6, 6.07) is 5.25. The number of para-hydroxylation sites is 1. The molecular formula is C15H18ClNO4. The lowest BCUT2D eigenvalue weighted by molar-refractivity contribution is -0.146. The summed E-state index contributed by atoms with van der Waals surface area (Å²) in [5.74, 6) is -0.740. The molecule has 1 aliphatic rings. The van der Waals surface area contributed by atoms with Gasteiger partial charge in [-0.25, -0.2) is 0 Å². The van der Waals surface area contributed by atoms with Gasteiger partial charge in [-0.2, -0.15) is 0 Å². The van der Waals surface area contributed by atoms with Gasteiger partial charge in [-0.05, 0) is 25.8 Å². The van der Waals surface area contributed by atoms with E-state index in [1.807, 2.05) is 6.92 Å². The molecule has 1 saturated carbocycles. The normalized spacial score (nSPS) is 20.5. The average Bonchev–Trinajstić information content (AvgIpc) is 2.37. The van der Waals surface area contributed by atoms with E-state index in [2.05, 4.69) is 5.32 Å². The fourth-order valence-corrected chi connectivity index (χ4v) is 2.64. The van der Waals surface area contributed by atoms with Gasteiger partial charge in [0.15, 0.2) is 0 Å². The first kappa shape index (κ1) is 15.6. The number of rotatable bonds is 6. The highest BCUT2D eigenvalue weighted by Gasteiger charge is 2.35. The van der Waals surface area contributed by atoms with E-state index in [-0.39, 0.29) is 24.3 Å². The summed E-state index contributed by atoms with van der Waals surface area (Å²) < 4.78 is 5.47. The Morgan fingerprint density at radius 1 is 1.43 bits per heavy atom. The van der Waals surface area contributed by atoms with Crippen molar-refractivity contribution >= 4 is 23.5 Å². The number of carbonyl (C=O) groups excluding carboxylic acids is 1. The summed E-state index contributed by atoms with van der Waals surface area (Å²) in [5.41, 5.74) is 0.732. The zero-order valence-electron chi connectivity index (χ0n) is 11.8. The maximum absolute atomic E-state index is 12.0. The SMILES string of the molecule is CCOc1c(Cl)cccc1CC(=O)NC1CC(C(=O)O)C1. The number of hydrogen-bond acceptors (Lipinski definition) is 3. The van der Waals surface area contributed by atoms with Gasteiger partial charge in [0.05, 0.1) is 24.0 Å². The van der Waals surface area contributed by atoms with E-state index < -0.39 is 5.97 Å². The Hall–Kier alpha value is -1.75. The molecule has 6 heteroatoms. The molecule has 5 nitrogen and oxygen atoms in total. The van der Waals surface area contributed by atoms with Crippen molar-refractivity contribution in [1.29, 1.82) is 0 Å². The van der Waals surface area contributed by atoms with Gasteiger partial charge in [-0.15, -0.1) is 0 Å². The standard InChI is InChI=1S/C15H18ClNO4/c1-2-21-14-9(4-3-5-12(14)16)8-13(18)17-11-6-10(7-11)15(19)20/h3-5,10-11H,2,6-8H2,1H3,(H,17,18)(H,19,20). The summed E-state index contributed by atoms with van der Waals surface area (Å²) in [5, 5.41) is 12.1. The highest BCUT2D eigenvalue weighted by molar-refractivity contribution is 6.32. The zero-order chi connectivity index (χ0) is 15.4. The van der Waals surface area contributed by atoms with Crippen LogP contribution in [-0.4, -0.2) is 29.6 Å². The molecule has 21 heavy (non-hydrogen) atoms. The largest absolute Gasteiger partial charge is 0.492 e. The van der Waals surface area contributed by atoms with Crippen LogP contribution in [0.4, 0.5) is 0 Å². The Balaban J connectivity index is 1.91. The van der Waals surface area contributed by atoms with Crippen molar-refractivity contribution in [2.45, 2.75) is 32.2 Å². The molecule has 1 aromatic carbocycles. The Morgan fingerprint density at radius 2 is 2.14 bits per heavy atom. The van der Waals surface area contributed by atoms with Crippen LogP contribution in [0.2, 0.25) is 5.02 Å². The van der Waals surface area contributed by atoms with Crippen LogP contribution >= 0.6 is 11.6 Å². The monoisotopic (exact) mass is 311 g/mol. The highest BCUT2D eigenvalue weighted by atomic mass is 35.5. The van der Waals surface area contributed by atoms with E-state index in [0.717, 1.165) is 5.56 Å². The highest BCUT2D eigenvalue weighted by Crippen LogP contribution is 2.30. The fourth-order valence-electron chi connectivity index (χ4n) is 2.39. The molecule has 0 heterocycles. The number of carboxylic acid groups (broad SMARTS) is 1. The van der Waals surface area contributed by atoms with Crippen molar-refractivity contribution < 1.29 is 19.4 Å². The second kappa shape index (κ2) is 6.80. The Bertz CT molecular complexity index is 540. The lowest BCUT2D eigenvalue weighted by atomic mass is 9.80. The number of nitrogens with one attached hydrogen (secondary N) is 1. The number of carboxylic acids is 1. The summed E-state index contributed by atoms with van der Waals surface area (Å²) in [6.45, 7) is 2.33. The third-order valence-corrected chi connectivity index (χ3v) is 3.84. The van der Waals surface area contributed by atoms with Crippen molar-refractivity contribution in [3.8, 4) is 5.75 Å². The maximum atomic E-state index is 12.0. The van der Waals surface area contributed by atoms with E-state index in [1.165, 1.54) is 0 Å². The van der Waals surface area contributed by atoms with Crippen molar-refractivity contribution in [3.63, 3.8) is 0 Å². The van der Waals surface area contributed by atoms with Gasteiger partial charge in [0, 0.05) is 11.6 Å². The third-order valence-electron chi connectivity index (χ3n) is 3.54. The number of halogens is 1. The van der Waals surface area contributed by atoms with Crippen LogP contribution < -0.4 is 10.1 Å². The number of amides is 1. The van der Waals surface area contributed by atoms with E-state index in [4.69, 9.17) is 21.4 Å². The molecule has 0 spiro atoms. The molecule has 0 bridgehead atoms. The van der Waals surface area contributed by atoms with Crippen LogP contribution in [0.25, 0.3) is 0 Å². The predicted octanol–water partition coefficient (Wildman–Crippen LogP) is 2.26. The lowest BCUT2D eigenvalue weighted by Crippen LogP contribution is -2.47. The van der Waals surface area contributed by atoms with Crippen molar-refractivity contribution in [2.75, 3.05) is 6.61 Å². The smallest absolute Gasteiger partial charge is 0.306 e. The molecule has 0 aliphatic heterocycles. The topological polar surface area (TPSA) is 75.6 Å². The van der Waals surface area contributed by atoms with Gasteiger partial charge < -0.3 is 15.2 Å². The molecule has 0 saturated heterocycles. The molecule has 1 aromatic rings. The second-order valence-electron chi connectivity index (χ2n) is 5.11. The van der Waals surface area contributed by atoms with E-state index >= 15 is 0 Å². The predicted molar refractivity (Wildman–Crippen MR) is 78.6 cm³/mol. The van der Waals surface area contributed by atoms with Crippen LogP contribution in [-0.2, 0) is 16.0 Å². The van der Waals surface area contributed by atoms with Crippen molar-refractivity contribution in [1.82, 2.24) is 5.32 Å². The Labute approximate surface area is 128 Å². The first-order valence-corrected chi connectivity index (χ1v) is 7.31. The summed E-state index contributed by atoms with van der Waals surface area (Å²) in [7, 11) is 0. The van der Waals surface area contributed by atoms with Crippen molar-refractivity contribution in [2.24, 2.45) is 5.92 Å². The molecular weight excluding hydrogens is 294 g/mol. The van der Waals surface area contributed by atoms with E-state index in [9.17, 15) is 9.59 Å². The summed E-state index contributed by atoms with van der Waals surface area (Å²) in [4.78, 5) is 22.7. The zero-order valence-corrected chi connectivity index (χ0v) is 12.5. The van der Waals surface area contributed by atoms with Gasteiger partial charge >= 0.3 is 5.97 Å². The number of hydrogen-bond donors (Lipinski definition) is 2. The quantitative estimate of drug-likeness (QED) is 0.845. The minimum absolute atomic E-state index is 0.0478. The number of carbonyl (C=O) groups is 2. The van der Waals surface area contributed by atoms with E-state index in [0.29, 0.717) is 30.2 Å². The van der Waals surface area contributed by atoms with Gasteiger partial charge in [-0.3, -0.25) is 9.59 Å². The van der Waals surface area contributed by atoms with Gasteiger partial charge in [0.1, 0.15) is 5.75 Å². The van der Waals surface area contributed by atoms with Crippen LogP contribution in [0.15, 0.2) is 18.2 Å². The molecule has 1 fully saturated rings. The van der Waals surface area contributed by atoms with Crippen LogP contribution in [0.1, 0.15) is 25.3 Å². The first-order chi connectivity index (χ1) is 10.0. The third kappa shape index (κ3) is 3.88. The number of benzene rings is 1. The minimum Gasteiger partial charge on any atom is -0.492 e. The average molecular weight is 312 g/mol. The molecule has 2 N–H and O–H groups in total. The molecule has 0 unspecified atom stereocenters.